The number of H-pyrrole nitrogens is 1. The van der Waals surface area contributed by atoms with Gasteiger partial charge in [0.25, 0.3) is 0 Å². The molecule has 0 saturated carbocycles. The fourth-order valence-corrected chi connectivity index (χ4v) is 3.40. The van der Waals surface area contributed by atoms with Crippen LogP contribution in [0.4, 0.5) is 0 Å². The maximum Gasteiger partial charge on any atom is 0.0468 e. The monoisotopic (exact) mass is 223 g/mol. The third-order valence-corrected chi connectivity index (χ3v) is 4.18. The molecule has 0 bridgehead atoms. The molecule has 2 aromatic carbocycles. The molecule has 0 spiro atoms. The van der Waals surface area contributed by atoms with Crippen LogP contribution in [0.5, 0.6) is 0 Å². The van der Waals surface area contributed by atoms with Crippen LogP contribution in [0.3, 0.4) is 0 Å². The zero-order valence-electron chi connectivity index (χ0n) is 8.53. The van der Waals surface area contributed by atoms with Crippen LogP contribution < -0.4 is 0 Å². The minimum absolute atomic E-state index is 1.22. The highest BCUT2D eigenvalue weighted by Crippen LogP contribution is 2.35. The SMILES string of the molecule is c1ccc2c(c1)sc1cc3[nH]ccc3cc12. The molecule has 16 heavy (non-hydrogen) atoms. The van der Waals surface area contributed by atoms with Crippen molar-refractivity contribution in [3.05, 3.63) is 48.7 Å². The van der Waals surface area contributed by atoms with Crippen molar-refractivity contribution < 1.29 is 0 Å². The maximum atomic E-state index is 3.26. The van der Waals surface area contributed by atoms with Gasteiger partial charge in [-0.25, -0.2) is 0 Å². The van der Waals surface area contributed by atoms with Crippen molar-refractivity contribution in [1.29, 1.82) is 0 Å². The molecule has 2 heteroatoms. The summed E-state index contributed by atoms with van der Waals surface area (Å²) in [7, 11) is 0. The number of thiophene rings is 1. The Morgan fingerprint density at radius 1 is 0.875 bits per heavy atom. The summed E-state index contributed by atoms with van der Waals surface area (Å²) >= 11 is 1.86. The van der Waals surface area contributed by atoms with E-state index in [4.69, 9.17) is 0 Å². The van der Waals surface area contributed by atoms with E-state index >= 15 is 0 Å². The Morgan fingerprint density at radius 3 is 2.81 bits per heavy atom. The number of rotatable bonds is 0. The van der Waals surface area contributed by atoms with Crippen LogP contribution in [0.1, 0.15) is 0 Å². The molecule has 0 amide bonds. The lowest BCUT2D eigenvalue weighted by Crippen LogP contribution is -1.68. The lowest BCUT2D eigenvalue weighted by molar-refractivity contribution is 1.48. The summed E-state index contributed by atoms with van der Waals surface area (Å²) in [5.41, 5.74) is 1.22. The first-order valence-corrected chi connectivity index (χ1v) is 6.12. The molecule has 2 aromatic heterocycles. The number of fused-ring (bicyclic) bond motifs is 4. The van der Waals surface area contributed by atoms with Crippen molar-refractivity contribution in [3.63, 3.8) is 0 Å². The van der Waals surface area contributed by atoms with Crippen LogP contribution in [0.25, 0.3) is 31.1 Å². The largest absolute Gasteiger partial charge is 0.361 e. The summed E-state index contributed by atoms with van der Waals surface area (Å²) in [4.78, 5) is 3.26. The Hall–Kier alpha value is -1.80. The number of aromatic amines is 1. The van der Waals surface area contributed by atoms with E-state index in [9.17, 15) is 0 Å². The van der Waals surface area contributed by atoms with E-state index in [1.165, 1.54) is 31.1 Å². The second kappa shape index (κ2) is 2.86. The average Bonchev–Trinajstić information content (AvgIpc) is 2.88. The van der Waals surface area contributed by atoms with Crippen molar-refractivity contribution in [2.45, 2.75) is 0 Å². The number of aromatic nitrogens is 1. The van der Waals surface area contributed by atoms with Crippen LogP contribution >= 0.6 is 11.3 Å². The predicted octanol–water partition coefficient (Wildman–Crippen LogP) is 4.54. The Labute approximate surface area is 96.3 Å². The summed E-state index contributed by atoms with van der Waals surface area (Å²) < 4.78 is 2.72. The van der Waals surface area contributed by atoms with Crippen LogP contribution in [0.2, 0.25) is 0 Å². The summed E-state index contributed by atoms with van der Waals surface area (Å²) in [6, 6.07) is 15.2. The van der Waals surface area contributed by atoms with Crippen molar-refractivity contribution in [1.82, 2.24) is 4.98 Å². The van der Waals surface area contributed by atoms with Crippen LogP contribution in [0.15, 0.2) is 48.7 Å². The number of hydrogen-bond acceptors (Lipinski definition) is 1. The van der Waals surface area contributed by atoms with Crippen molar-refractivity contribution in [2.75, 3.05) is 0 Å². The minimum Gasteiger partial charge on any atom is -0.361 e. The van der Waals surface area contributed by atoms with E-state index in [1.54, 1.807) is 0 Å². The smallest absolute Gasteiger partial charge is 0.0468 e. The molecular formula is C14H9NS. The molecular weight excluding hydrogens is 214 g/mol. The minimum atomic E-state index is 1.22. The van der Waals surface area contributed by atoms with Crippen molar-refractivity contribution >= 4 is 42.4 Å². The normalized spacial score (nSPS) is 11.8. The van der Waals surface area contributed by atoms with Gasteiger partial charge in [0.1, 0.15) is 0 Å². The lowest BCUT2D eigenvalue weighted by atomic mass is 10.1. The van der Waals surface area contributed by atoms with E-state index in [0.29, 0.717) is 0 Å². The van der Waals surface area contributed by atoms with Gasteiger partial charge in [-0.1, -0.05) is 18.2 Å². The van der Waals surface area contributed by atoms with E-state index in [-0.39, 0.29) is 0 Å². The fraction of sp³-hybridized carbons (Fsp3) is 0. The summed E-state index contributed by atoms with van der Waals surface area (Å²) in [5, 5.41) is 4.02. The first-order valence-electron chi connectivity index (χ1n) is 5.30. The molecule has 0 atom stereocenters. The molecule has 0 unspecified atom stereocenters. The molecule has 0 saturated heterocycles. The molecule has 2 heterocycles. The number of hydrogen-bond donors (Lipinski definition) is 1. The van der Waals surface area contributed by atoms with E-state index < -0.39 is 0 Å². The third kappa shape index (κ3) is 0.996. The first-order chi connectivity index (χ1) is 7.92. The van der Waals surface area contributed by atoms with Crippen LogP contribution in [-0.4, -0.2) is 4.98 Å². The predicted molar refractivity (Wildman–Crippen MR) is 71.2 cm³/mol. The first kappa shape index (κ1) is 8.36. The molecule has 1 nitrogen and oxygen atoms in total. The third-order valence-electron chi connectivity index (χ3n) is 3.05. The highest BCUT2D eigenvalue weighted by atomic mass is 32.1. The van der Waals surface area contributed by atoms with E-state index in [2.05, 4.69) is 47.4 Å². The van der Waals surface area contributed by atoms with E-state index in [1.807, 2.05) is 17.5 Å². The lowest BCUT2D eigenvalue weighted by Gasteiger charge is -1.92. The maximum absolute atomic E-state index is 3.26. The molecule has 0 radical (unpaired) electrons. The van der Waals surface area contributed by atoms with Gasteiger partial charge in [0.2, 0.25) is 0 Å². The topological polar surface area (TPSA) is 15.8 Å². The van der Waals surface area contributed by atoms with Crippen LogP contribution in [-0.2, 0) is 0 Å². The van der Waals surface area contributed by atoms with Gasteiger partial charge in [-0.2, -0.15) is 0 Å². The van der Waals surface area contributed by atoms with Gasteiger partial charge in [0.05, 0.1) is 0 Å². The number of nitrogens with one attached hydrogen (secondary N) is 1. The quantitative estimate of drug-likeness (QED) is 0.450. The molecule has 0 fully saturated rings. The Morgan fingerprint density at radius 2 is 1.81 bits per heavy atom. The summed E-state index contributed by atoms with van der Waals surface area (Å²) in [6.45, 7) is 0. The molecule has 0 aliphatic carbocycles. The molecule has 0 aliphatic heterocycles. The van der Waals surface area contributed by atoms with Crippen LogP contribution in [0, 0.1) is 0 Å². The highest BCUT2D eigenvalue weighted by molar-refractivity contribution is 7.25. The molecule has 1 N–H and O–H groups in total. The van der Waals surface area contributed by atoms with Gasteiger partial charge in [0, 0.05) is 37.3 Å². The molecule has 0 aliphatic rings. The Balaban J connectivity index is 2.32. The Bertz CT molecular complexity index is 807. The molecule has 4 rings (SSSR count). The van der Waals surface area contributed by atoms with Gasteiger partial charge >= 0.3 is 0 Å². The molecule has 4 aromatic rings. The zero-order valence-corrected chi connectivity index (χ0v) is 9.34. The molecule has 76 valence electrons. The van der Waals surface area contributed by atoms with Gasteiger partial charge in [0.15, 0.2) is 0 Å². The second-order valence-electron chi connectivity index (χ2n) is 4.01. The van der Waals surface area contributed by atoms with Crippen molar-refractivity contribution in [3.8, 4) is 0 Å². The zero-order chi connectivity index (χ0) is 10.5. The van der Waals surface area contributed by atoms with Gasteiger partial charge in [-0.05, 0) is 24.3 Å². The van der Waals surface area contributed by atoms with E-state index in [0.717, 1.165) is 0 Å². The van der Waals surface area contributed by atoms with Gasteiger partial charge < -0.3 is 4.98 Å². The summed E-state index contributed by atoms with van der Waals surface area (Å²) in [5.74, 6) is 0. The second-order valence-corrected chi connectivity index (χ2v) is 5.10. The summed E-state index contributed by atoms with van der Waals surface area (Å²) in [6.07, 6.45) is 2.00. The standard InChI is InChI=1S/C14H9NS/c1-2-4-13-10(3-1)11-7-9-5-6-15-12(9)8-14(11)16-13/h1-8,15H. The average molecular weight is 223 g/mol. The fourth-order valence-electron chi connectivity index (χ4n) is 2.27. The number of benzene rings is 2. The van der Waals surface area contributed by atoms with Gasteiger partial charge in [-0.3, -0.25) is 0 Å². The highest BCUT2D eigenvalue weighted by Gasteiger charge is 2.05. The Kier molecular flexibility index (Phi) is 1.50. The van der Waals surface area contributed by atoms with Gasteiger partial charge in [-0.15, -0.1) is 11.3 Å². The van der Waals surface area contributed by atoms with Crippen molar-refractivity contribution in [2.24, 2.45) is 0 Å².